The summed E-state index contributed by atoms with van der Waals surface area (Å²) in [4.78, 5) is 39.8. The molecule has 2 N–H and O–H groups in total. The number of carbonyl (C=O) groups excluding carboxylic acids is 2. The minimum atomic E-state index is -0.820. The first-order chi connectivity index (χ1) is 19.1. The number of rotatable bonds is 9. The maximum absolute atomic E-state index is 13.6. The molecule has 0 saturated carbocycles. The number of non-ortho nitro benzene ring substituents is 1. The monoisotopic (exact) mass is 586 g/mol. The number of likely N-dealkylation sites (tertiary alicyclic amines) is 1. The summed E-state index contributed by atoms with van der Waals surface area (Å²) in [5.41, 5.74) is 3.15. The van der Waals surface area contributed by atoms with Gasteiger partial charge in [0.1, 0.15) is 0 Å². The van der Waals surface area contributed by atoms with Gasteiger partial charge in [0.05, 0.1) is 33.6 Å². The van der Waals surface area contributed by atoms with Gasteiger partial charge in [-0.15, -0.1) is 0 Å². The largest absolute Gasteiger partial charge is 0.466 e. The number of nitrogens with one attached hydrogen (secondary N) is 2. The van der Waals surface area contributed by atoms with Crippen LogP contribution in [0.4, 0.5) is 5.69 Å². The lowest BCUT2D eigenvalue weighted by Crippen LogP contribution is -2.38. The van der Waals surface area contributed by atoms with Gasteiger partial charge in [-0.05, 0) is 62.4 Å². The molecule has 212 valence electrons. The van der Waals surface area contributed by atoms with E-state index in [2.05, 4.69) is 15.5 Å². The first-order valence-electron chi connectivity index (χ1n) is 13.0. The second-order valence-electron chi connectivity index (χ2n) is 10.1. The second kappa shape index (κ2) is 12.8. The van der Waals surface area contributed by atoms with Crippen LogP contribution in [0.15, 0.2) is 65.0 Å². The molecule has 2 aliphatic rings. The molecule has 0 radical (unpaired) electrons. The van der Waals surface area contributed by atoms with E-state index >= 15 is 0 Å². The summed E-state index contributed by atoms with van der Waals surface area (Å²) in [7, 11) is 1.27. The number of amides is 1. The average Bonchev–Trinajstić information content (AvgIpc) is 3.39. The Morgan fingerprint density at radius 1 is 1.12 bits per heavy atom. The molecule has 1 amide bonds. The van der Waals surface area contributed by atoms with Gasteiger partial charge in [-0.2, -0.15) is 0 Å². The van der Waals surface area contributed by atoms with Crippen LogP contribution in [0.1, 0.15) is 37.3 Å². The molecule has 2 heterocycles. The Balaban J connectivity index is 1.46. The van der Waals surface area contributed by atoms with Crippen molar-refractivity contribution in [2.75, 3.05) is 33.3 Å². The molecule has 2 aromatic rings. The van der Waals surface area contributed by atoms with Crippen LogP contribution in [0.3, 0.4) is 0 Å². The van der Waals surface area contributed by atoms with Crippen LogP contribution < -0.4 is 10.6 Å². The smallest absolute Gasteiger partial charge is 0.336 e. The van der Waals surface area contributed by atoms with Gasteiger partial charge in [-0.25, -0.2) is 4.79 Å². The van der Waals surface area contributed by atoms with E-state index in [4.69, 9.17) is 27.9 Å². The summed E-state index contributed by atoms with van der Waals surface area (Å²) in [5, 5.41) is 18.7. The Hall–Kier alpha value is -3.40. The number of nitrogens with zero attached hydrogens (tertiary/aromatic N) is 2. The van der Waals surface area contributed by atoms with Gasteiger partial charge in [0, 0.05) is 48.7 Å². The SMILES string of the molecule is COC(=O)C1=C(C)NC(C)=C(C(=O)NC[C@H]2CCN(CCc3ccc(Cl)c(Cl)c3)C2)C1c1cccc([N+](=O)[O-])c1. The number of dihydropyridines is 1. The fraction of sp³-hybridized carbons (Fsp3) is 0.379. The minimum Gasteiger partial charge on any atom is -0.466 e. The average molecular weight is 588 g/mol. The lowest BCUT2D eigenvalue weighted by Gasteiger charge is -2.31. The van der Waals surface area contributed by atoms with E-state index in [1.165, 1.54) is 19.2 Å². The number of halogens is 2. The Morgan fingerprint density at radius 2 is 1.88 bits per heavy atom. The van der Waals surface area contributed by atoms with Crippen molar-refractivity contribution >= 4 is 40.8 Å². The van der Waals surface area contributed by atoms with Gasteiger partial charge >= 0.3 is 5.97 Å². The summed E-state index contributed by atoms with van der Waals surface area (Å²) < 4.78 is 5.03. The third-order valence-electron chi connectivity index (χ3n) is 7.45. The van der Waals surface area contributed by atoms with Crippen molar-refractivity contribution in [1.29, 1.82) is 0 Å². The van der Waals surface area contributed by atoms with Gasteiger partial charge in [-0.3, -0.25) is 14.9 Å². The van der Waals surface area contributed by atoms with Crippen molar-refractivity contribution in [3.63, 3.8) is 0 Å². The normalized spacial score (nSPS) is 19.4. The third-order valence-corrected chi connectivity index (χ3v) is 8.19. The Morgan fingerprint density at radius 3 is 2.58 bits per heavy atom. The lowest BCUT2D eigenvalue weighted by molar-refractivity contribution is -0.384. The van der Waals surface area contributed by atoms with E-state index in [0.29, 0.717) is 39.1 Å². The summed E-state index contributed by atoms with van der Waals surface area (Å²) >= 11 is 12.2. The quantitative estimate of drug-likeness (QED) is 0.242. The fourth-order valence-electron chi connectivity index (χ4n) is 5.42. The number of hydrogen-bond donors (Lipinski definition) is 2. The van der Waals surface area contributed by atoms with Gasteiger partial charge in [-0.1, -0.05) is 41.4 Å². The predicted molar refractivity (Wildman–Crippen MR) is 154 cm³/mol. The van der Waals surface area contributed by atoms with Crippen molar-refractivity contribution in [3.8, 4) is 0 Å². The summed E-state index contributed by atoms with van der Waals surface area (Å²) in [5.74, 6) is -1.49. The van der Waals surface area contributed by atoms with E-state index < -0.39 is 16.8 Å². The minimum absolute atomic E-state index is 0.123. The first-order valence-corrected chi connectivity index (χ1v) is 13.8. The molecule has 0 spiro atoms. The number of methoxy groups -OCH3 is 1. The number of esters is 1. The molecule has 0 aromatic heterocycles. The van der Waals surface area contributed by atoms with E-state index in [9.17, 15) is 19.7 Å². The molecule has 2 atom stereocenters. The highest BCUT2D eigenvalue weighted by molar-refractivity contribution is 6.42. The van der Waals surface area contributed by atoms with E-state index in [1.807, 2.05) is 18.2 Å². The van der Waals surface area contributed by atoms with Crippen LogP contribution in [0.2, 0.25) is 10.0 Å². The molecular weight excluding hydrogens is 555 g/mol. The zero-order valence-corrected chi connectivity index (χ0v) is 24.1. The molecular formula is C29H32Cl2N4O5. The summed E-state index contributed by atoms with van der Waals surface area (Å²) in [6.07, 6.45) is 1.79. The molecule has 9 nitrogen and oxygen atoms in total. The second-order valence-corrected chi connectivity index (χ2v) is 11.0. The number of benzene rings is 2. The molecule has 40 heavy (non-hydrogen) atoms. The van der Waals surface area contributed by atoms with Crippen LogP contribution in [0, 0.1) is 16.0 Å². The van der Waals surface area contributed by atoms with Crippen LogP contribution in [0.5, 0.6) is 0 Å². The van der Waals surface area contributed by atoms with Crippen LogP contribution in [0.25, 0.3) is 0 Å². The highest BCUT2D eigenvalue weighted by Gasteiger charge is 2.37. The predicted octanol–water partition coefficient (Wildman–Crippen LogP) is 4.99. The topological polar surface area (TPSA) is 114 Å². The molecule has 0 aliphatic carbocycles. The molecule has 1 unspecified atom stereocenters. The van der Waals surface area contributed by atoms with Crippen molar-refractivity contribution in [1.82, 2.24) is 15.5 Å². The zero-order valence-electron chi connectivity index (χ0n) is 22.6. The van der Waals surface area contributed by atoms with Gasteiger partial charge in [0.15, 0.2) is 0 Å². The molecule has 4 rings (SSSR count). The maximum atomic E-state index is 13.6. The molecule has 1 saturated heterocycles. The summed E-state index contributed by atoms with van der Waals surface area (Å²) in [6, 6.07) is 11.7. The molecule has 2 aliphatic heterocycles. The van der Waals surface area contributed by atoms with Gasteiger partial charge < -0.3 is 20.3 Å². The third kappa shape index (κ3) is 6.66. The highest BCUT2D eigenvalue weighted by Crippen LogP contribution is 2.39. The van der Waals surface area contributed by atoms with E-state index in [-0.39, 0.29) is 23.1 Å². The van der Waals surface area contributed by atoms with Crippen molar-refractivity contribution < 1.29 is 19.2 Å². The summed E-state index contributed by atoms with van der Waals surface area (Å²) in [6.45, 7) is 6.60. The van der Waals surface area contributed by atoms with Gasteiger partial charge in [0.25, 0.3) is 5.69 Å². The number of allylic oxidation sites excluding steroid dienone is 2. The first kappa shape index (κ1) is 29.6. The number of carbonyl (C=O) groups is 2. The Bertz CT molecular complexity index is 1390. The number of ether oxygens (including phenoxy) is 1. The van der Waals surface area contributed by atoms with Gasteiger partial charge in [0.2, 0.25) is 5.91 Å². The fourth-order valence-corrected chi connectivity index (χ4v) is 5.74. The number of nitro benzene ring substituents is 1. The Kier molecular flexibility index (Phi) is 9.50. The van der Waals surface area contributed by atoms with E-state index in [1.54, 1.807) is 26.0 Å². The number of hydrogen-bond acceptors (Lipinski definition) is 7. The molecule has 0 bridgehead atoms. The standard InChI is InChI=1S/C29H32Cl2N4O5/c1-17-25(27(26(18(2)33-17)29(37)40-3)21-5-4-6-22(14-21)35(38)39)28(36)32-15-20-10-12-34(16-20)11-9-19-7-8-23(30)24(31)13-19/h4-8,13-14,20,27,33H,9-12,15-16H2,1-3H3,(H,32,36)/t20-,27?/m1/s1. The number of nitro groups is 1. The van der Waals surface area contributed by atoms with Crippen molar-refractivity contribution in [3.05, 3.63) is 96.3 Å². The van der Waals surface area contributed by atoms with Crippen molar-refractivity contribution in [2.45, 2.75) is 32.6 Å². The van der Waals surface area contributed by atoms with E-state index in [0.717, 1.165) is 38.0 Å². The maximum Gasteiger partial charge on any atom is 0.336 e. The molecule has 2 aromatic carbocycles. The van der Waals surface area contributed by atoms with Crippen molar-refractivity contribution in [2.24, 2.45) is 5.92 Å². The highest BCUT2D eigenvalue weighted by atomic mass is 35.5. The van der Waals surface area contributed by atoms with Crippen LogP contribution in [-0.4, -0.2) is 55.0 Å². The lowest BCUT2D eigenvalue weighted by atomic mass is 9.80. The molecule has 1 fully saturated rings. The Labute approximate surface area is 243 Å². The van der Waals surface area contributed by atoms with Crippen LogP contribution in [-0.2, 0) is 20.7 Å². The zero-order chi connectivity index (χ0) is 29.0. The molecule has 11 heteroatoms. The van der Waals surface area contributed by atoms with Crippen LogP contribution >= 0.6 is 23.2 Å².